The normalized spacial score (nSPS) is 12.4. The lowest BCUT2D eigenvalue weighted by molar-refractivity contribution is -0.139. The van der Waals surface area contributed by atoms with Gasteiger partial charge in [-0.2, -0.15) is 20.5 Å². The van der Waals surface area contributed by atoms with E-state index < -0.39 is 18.6 Å². The summed E-state index contributed by atoms with van der Waals surface area (Å²) in [5, 5.41) is 10.9. The molecule has 0 aromatic carbocycles. The smallest absolute Gasteiger partial charge is 0.327 e. The number of carbonyl (C=O) groups excluding carboxylic acids is 1. The maximum absolute atomic E-state index is 12.5. The third kappa shape index (κ3) is 3.99. The number of nitrogens with zero attached hydrogens (tertiary/aromatic N) is 2. The molecule has 1 rings (SSSR count). The average molecular weight is 279 g/mol. The van der Waals surface area contributed by atoms with Gasteiger partial charge in [-0.05, 0) is 0 Å². The number of hydrogen-bond donors (Lipinski definition) is 2. The molecule has 1 aromatic heterocycles. The Hall–Kier alpha value is -1.64. The van der Waals surface area contributed by atoms with Gasteiger partial charge in [0.15, 0.2) is 0 Å². The largest absolute Gasteiger partial charge is 0.480 e. The Balaban J connectivity index is 2.47. The second kappa shape index (κ2) is 6.94. The second-order valence-electron chi connectivity index (χ2n) is 3.22. The summed E-state index contributed by atoms with van der Waals surface area (Å²) >= 11 is 1.10. The van der Waals surface area contributed by atoms with Gasteiger partial charge in [0.05, 0.1) is 5.75 Å². The van der Waals surface area contributed by atoms with Crippen molar-refractivity contribution in [3.63, 3.8) is 0 Å². The molecule has 0 aliphatic carbocycles. The first-order valence-electron chi connectivity index (χ1n) is 4.86. The van der Waals surface area contributed by atoms with Crippen molar-refractivity contribution in [3.8, 4) is 0 Å². The summed E-state index contributed by atoms with van der Waals surface area (Å²) in [6.45, 7) is -2.67. The van der Waals surface area contributed by atoms with Crippen LogP contribution in [0, 0.1) is 0 Å². The fraction of sp³-hybridized carbons (Fsp3) is 0.444. The van der Waals surface area contributed by atoms with E-state index in [-0.39, 0.29) is 17.3 Å². The van der Waals surface area contributed by atoms with E-state index in [0.29, 0.717) is 11.0 Å². The van der Waals surface area contributed by atoms with Crippen LogP contribution in [0.5, 0.6) is 0 Å². The van der Waals surface area contributed by atoms with E-state index in [9.17, 15) is 18.4 Å². The zero-order chi connectivity index (χ0) is 13.5. The number of carbonyl (C=O) groups is 2. The lowest BCUT2D eigenvalue weighted by Gasteiger charge is -2.11. The highest BCUT2D eigenvalue weighted by Crippen LogP contribution is 2.17. The number of hydrogen-bond acceptors (Lipinski definition) is 4. The zero-order valence-corrected chi connectivity index (χ0v) is 9.94. The van der Waals surface area contributed by atoms with Gasteiger partial charge in [0, 0.05) is 18.1 Å². The van der Waals surface area contributed by atoms with Gasteiger partial charge in [0.25, 0.3) is 0 Å². The molecule has 0 saturated carbocycles. The number of alkyl halides is 2. The van der Waals surface area contributed by atoms with Crippen LogP contribution in [0.15, 0.2) is 12.4 Å². The van der Waals surface area contributed by atoms with E-state index in [1.54, 1.807) is 0 Å². The third-order valence-corrected chi connectivity index (χ3v) is 3.07. The van der Waals surface area contributed by atoms with E-state index in [1.165, 1.54) is 6.20 Å². The molecule has 0 spiro atoms. The van der Waals surface area contributed by atoms with Crippen LogP contribution >= 0.6 is 11.8 Å². The summed E-state index contributed by atoms with van der Waals surface area (Å²) in [5.74, 6) is -0.803. The molecule has 1 heterocycles. The predicted octanol–water partition coefficient (Wildman–Crippen LogP) is 0.711. The molecule has 1 aromatic rings. The number of aromatic nitrogens is 2. The third-order valence-electron chi connectivity index (χ3n) is 2.04. The number of carboxylic acids is 1. The van der Waals surface area contributed by atoms with Crippen molar-refractivity contribution >= 4 is 24.1 Å². The molecule has 100 valence electrons. The summed E-state index contributed by atoms with van der Waals surface area (Å²) in [4.78, 5) is 24.6. The lowest BCUT2D eigenvalue weighted by Crippen LogP contribution is -2.37. The average Bonchev–Trinajstić information content (AvgIpc) is 2.76. The van der Waals surface area contributed by atoms with Crippen LogP contribution < -0.4 is 5.32 Å². The van der Waals surface area contributed by atoms with Gasteiger partial charge >= 0.3 is 12.5 Å². The Labute approximate surface area is 105 Å². The molecule has 1 amide bonds. The van der Waals surface area contributed by atoms with Crippen LogP contribution in [0.3, 0.4) is 0 Å². The van der Waals surface area contributed by atoms with Crippen LogP contribution in [-0.4, -0.2) is 38.8 Å². The van der Waals surface area contributed by atoms with Crippen molar-refractivity contribution in [2.45, 2.75) is 18.3 Å². The fourth-order valence-corrected chi connectivity index (χ4v) is 2.17. The molecule has 6 nitrogen and oxygen atoms in total. The Kier molecular flexibility index (Phi) is 5.56. The van der Waals surface area contributed by atoms with Crippen LogP contribution in [0.4, 0.5) is 8.78 Å². The summed E-state index contributed by atoms with van der Waals surface area (Å²) in [6, 6.07) is -1.04. The van der Waals surface area contributed by atoms with Gasteiger partial charge in [-0.25, -0.2) is 9.78 Å². The molecule has 9 heteroatoms. The van der Waals surface area contributed by atoms with Crippen molar-refractivity contribution in [1.82, 2.24) is 14.9 Å². The van der Waals surface area contributed by atoms with Gasteiger partial charge in [0.1, 0.15) is 11.9 Å². The van der Waals surface area contributed by atoms with E-state index in [0.717, 1.165) is 18.0 Å². The number of thioether (sulfide) groups is 1. The first-order chi connectivity index (χ1) is 8.56. The Bertz CT molecular complexity index is 414. The molecule has 1 unspecified atom stereocenters. The van der Waals surface area contributed by atoms with Crippen molar-refractivity contribution in [3.05, 3.63) is 18.2 Å². The summed E-state index contributed by atoms with van der Waals surface area (Å²) in [5.41, 5.74) is 0. The summed E-state index contributed by atoms with van der Waals surface area (Å²) in [7, 11) is 0. The highest BCUT2D eigenvalue weighted by Gasteiger charge is 2.17. The van der Waals surface area contributed by atoms with E-state index in [2.05, 4.69) is 10.3 Å². The number of aliphatic carboxylic acids is 1. The maximum Gasteiger partial charge on any atom is 0.327 e. The summed E-state index contributed by atoms with van der Waals surface area (Å²) in [6.07, 6.45) is 2.69. The van der Waals surface area contributed by atoms with E-state index >= 15 is 0 Å². The monoisotopic (exact) mass is 279 g/mol. The number of nitrogens with one attached hydrogen (secondary N) is 1. The molecule has 0 radical (unpaired) electrons. The van der Waals surface area contributed by atoms with Gasteiger partial charge in [-0.15, -0.1) is 0 Å². The predicted molar refractivity (Wildman–Crippen MR) is 60.3 cm³/mol. The Morgan fingerprint density at radius 3 is 2.94 bits per heavy atom. The van der Waals surface area contributed by atoms with Gasteiger partial charge < -0.3 is 10.4 Å². The summed E-state index contributed by atoms with van der Waals surface area (Å²) < 4.78 is 25.6. The van der Waals surface area contributed by atoms with Crippen LogP contribution in [0.2, 0.25) is 0 Å². The zero-order valence-electron chi connectivity index (χ0n) is 9.12. The number of imidazole rings is 1. The van der Waals surface area contributed by atoms with Crippen LogP contribution in [-0.2, 0) is 15.3 Å². The second-order valence-corrected chi connectivity index (χ2v) is 4.25. The van der Waals surface area contributed by atoms with E-state index in [4.69, 9.17) is 5.11 Å². The van der Waals surface area contributed by atoms with Crippen molar-refractivity contribution in [2.24, 2.45) is 0 Å². The molecular weight excluding hydrogens is 268 g/mol. The van der Waals surface area contributed by atoms with Gasteiger partial charge in [-0.1, -0.05) is 0 Å². The minimum absolute atomic E-state index is 0.0736. The van der Waals surface area contributed by atoms with Crippen molar-refractivity contribution < 1.29 is 23.5 Å². The molecule has 0 fully saturated rings. The molecule has 2 N–H and O–H groups in total. The topological polar surface area (TPSA) is 84.2 Å². The molecule has 0 saturated heterocycles. The SMILES string of the molecule is O=CNC(CSCc1nccn1C(F)F)C(=O)O. The van der Waals surface area contributed by atoms with E-state index in [1.807, 2.05) is 0 Å². The minimum Gasteiger partial charge on any atom is -0.480 e. The molecule has 0 aliphatic rings. The standard InChI is InChI=1S/C9H11F2N3O3S/c10-9(11)14-2-1-12-7(14)4-18-3-6(8(16)17)13-5-15/h1-2,5-6,9H,3-4H2,(H,13,15)(H,16,17). The molecule has 0 aliphatic heterocycles. The first-order valence-corrected chi connectivity index (χ1v) is 6.01. The highest BCUT2D eigenvalue weighted by atomic mass is 32.2. The Morgan fingerprint density at radius 1 is 1.67 bits per heavy atom. The maximum atomic E-state index is 12.5. The number of amides is 1. The quantitative estimate of drug-likeness (QED) is 0.685. The lowest BCUT2D eigenvalue weighted by atomic mass is 10.3. The number of carboxylic acid groups (broad SMARTS) is 1. The molecule has 0 bridgehead atoms. The van der Waals surface area contributed by atoms with Gasteiger partial charge in [-0.3, -0.25) is 9.36 Å². The molecule has 18 heavy (non-hydrogen) atoms. The Morgan fingerprint density at radius 2 is 2.39 bits per heavy atom. The van der Waals surface area contributed by atoms with Crippen molar-refractivity contribution in [2.75, 3.05) is 5.75 Å². The first kappa shape index (κ1) is 14.4. The minimum atomic E-state index is -2.67. The van der Waals surface area contributed by atoms with Gasteiger partial charge in [0.2, 0.25) is 6.41 Å². The van der Waals surface area contributed by atoms with Crippen LogP contribution in [0.25, 0.3) is 0 Å². The highest BCUT2D eigenvalue weighted by molar-refractivity contribution is 7.98. The van der Waals surface area contributed by atoms with Crippen LogP contribution in [0.1, 0.15) is 12.4 Å². The fourth-order valence-electron chi connectivity index (χ4n) is 1.17. The molecular formula is C9H11F2N3O3S. The number of rotatable bonds is 8. The molecule has 1 atom stereocenters. The van der Waals surface area contributed by atoms with Crippen molar-refractivity contribution in [1.29, 1.82) is 0 Å². The number of halogens is 2.